The molecule has 0 atom stereocenters. The summed E-state index contributed by atoms with van der Waals surface area (Å²) in [5.41, 5.74) is 1.60. The Hall–Kier alpha value is -2.17. The first kappa shape index (κ1) is 11.3. The van der Waals surface area contributed by atoms with Gasteiger partial charge in [0, 0.05) is 39.2 Å². The molecule has 0 N–H and O–H groups in total. The first-order valence-corrected chi connectivity index (χ1v) is 5.30. The van der Waals surface area contributed by atoms with Crippen molar-refractivity contribution in [1.82, 2.24) is 19.7 Å². The summed E-state index contributed by atoms with van der Waals surface area (Å²) < 4.78 is 1.62. The van der Waals surface area contributed by atoms with Crippen LogP contribution in [0.25, 0.3) is 0 Å². The third kappa shape index (κ3) is 2.69. The molecule has 2 aromatic rings. The van der Waals surface area contributed by atoms with Crippen molar-refractivity contribution >= 4 is 5.91 Å². The molecule has 0 aliphatic heterocycles. The van der Waals surface area contributed by atoms with Crippen molar-refractivity contribution in [3.05, 3.63) is 48.0 Å². The van der Waals surface area contributed by atoms with Crippen LogP contribution in [0, 0.1) is 0 Å². The van der Waals surface area contributed by atoms with Crippen molar-refractivity contribution < 1.29 is 4.79 Å². The molecule has 0 spiro atoms. The van der Waals surface area contributed by atoms with Crippen LogP contribution in [0.1, 0.15) is 15.9 Å². The van der Waals surface area contributed by atoms with Crippen LogP contribution in [0.2, 0.25) is 0 Å². The van der Waals surface area contributed by atoms with E-state index in [1.54, 1.807) is 48.5 Å². The van der Waals surface area contributed by atoms with E-state index >= 15 is 0 Å². The van der Waals surface area contributed by atoms with Gasteiger partial charge < -0.3 is 4.90 Å². The number of hydrogen-bond acceptors (Lipinski definition) is 3. The van der Waals surface area contributed by atoms with E-state index in [4.69, 9.17) is 0 Å². The highest BCUT2D eigenvalue weighted by molar-refractivity contribution is 5.93. The average Bonchev–Trinajstić information content (AvgIpc) is 2.76. The number of hydrogen-bond donors (Lipinski definition) is 0. The van der Waals surface area contributed by atoms with Crippen LogP contribution >= 0.6 is 0 Å². The normalized spacial score (nSPS) is 10.2. The molecule has 2 rings (SSSR count). The van der Waals surface area contributed by atoms with Crippen molar-refractivity contribution in [2.24, 2.45) is 7.05 Å². The van der Waals surface area contributed by atoms with Gasteiger partial charge >= 0.3 is 0 Å². The first-order chi connectivity index (χ1) is 8.16. The number of carbonyl (C=O) groups is 1. The monoisotopic (exact) mass is 230 g/mol. The Morgan fingerprint density at radius 2 is 2.29 bits per heavy atom. The van der Waals surface area contributed by atoms with Crippen LogP contribution in [-0.2, 0) is 13.6 Å². The minimum Gasteiger partial charge on any atom is -0.337 e. The van der Waals surface area contributed by atoms with E-state index in [2.05, 4.69) is 10.1 Å². The summed E-state index contributed by atoms with van der Waals surface area (Å²) in [7, 11) is 3.56. The minimum atomic E-state index is -0.0399. The van der Waals surface area contributed by atoms with Gasteiger partial charge in [0.2, 0.25) is 0 Å². The SMILES string of the molecule is CN(Cc1cccnc1)C(=O)c1cnn(C)c1. The zero-order chi connectivity index (χ0) is 12.3. The lowest BCUT2D eigenvalue weighted by Crippen LogP contribution is -2.25. The molecule has 0 bridgehead atoms. The van der Waals surface area contributed by atoms with E-state index in [-0.39, 0.29) is 5.91 Å². The molecular formula is C12H14N4O. The van der Waals surface area contributed by atoms with Crippen molar-refractivity contribution in [2.45, 2.75) is 6.54 Å². The summed E-state index contributed by atoms with van der Waals surface area (Å²) in [6, 6.07) is 3.80. The maximum Gasteiger partial charge on any atom is 0.257 e. The zero-order valence-electron chi connectivity index (χ0n) is 9.87. The third-order valence-electron chi connectivity index (χ3n) is 2.44. The highest BCUT2D eigenvalue weighted by Gasteiger charge is 2.13. The smallest absolute Gasteiger partial charge is 0.257 e. The Kier molecular flexibility index (Phi) is 3.18. The quantitative estimate of drug-likeness (QED) is 0.793. The van der Waals surface area contributed by atoms with Gasteiger partial charge in [0.1, 0.15) is 0 Å². The van der Waals surface area contributed by atoms with Gasteiger partial charge in [0.15, 0.2) is 0 Å². The second-order valence-corrected chi connectivity index (χ2v) is 3.93. The number of pyridine rings is 1. The van der Waals surface area contributed by atoms with Gasteiger partial charge in [-0.05, 0) is 11.6 Å². The molecule has 1 amide bonds. The summed E-state index contributed by atoms with van der Waals surface area (Å²) in [6.07, 6.45) is 6.75. The van der Waals surface area contributed by atoms with Crippen LogP contribution in [0.4, 0.5) is 0 Å². The van der Waals surface area contributed by atoms with Crippen molar-refractivity contribution in [1.29, 1.82) is 0 Å². The number of nitrogens with zero attached hydrogens (tertiary/aromatic N) is 4. The maximum absolute atomic E-state index is 12.0. The first-order valence-electron chi connectivity index (χ1n) is 5.30. The van der Waals surface area contributed by atoms with Gasteiger partial charge in [-0.25, -0.2) is 0 Å². The van der Waals surface area contributed by atoms with Crippen LogP contribution < -0.4 is 0 Å². The minimum absolute atomic E-state index is 0.0399. The molecule has 2 heterocycles. The lowest BCUT2D eigenvalue weighted by molar-refractivity contribution is 0.0785. The molecular weight excluding hydrogens is 216 g/mol. The highest BCUT2D eigenvalue weighted by Crippen LogP contribution is 2.06. The van der Waals surface area contributed by atoms with Gasteiger partial charge in [0.25, 0.3) is 5.91 Å². The predicted octanol–water partition coefficient (Wildman–Crippen LogP) is 1.09. The van der Waals surface area contributed by atoms with Crippen molar-refractivity contribution in [3.8, 4) is 0 Å². The Labute approximate surface area is 99.7 Å². The lowest BCUT2D eigenvalue weighted by Gasteiger charge is -2.15. The van der Waals surface area contributed by atoms with Gasteiger partial charge in [-0.15, -0.1) is 0 Å². The summed E-state index contributed by atoms with van der Waals surface area (Å²) >= 11 is 0. The van der Waals surface area contributed by atoms with E-state index in [0.717, 1.165) is 5.56 Å². The van der Waals surface area contributed by atoms with Crippen molar-refractivity contribution in [2.75, 3.05) is 7.05 Å². The van der Waals surface area contributed by atoms with Crippen LogP contribution in [-0.4, -0.2) is 32.6 Å². The standard InChI is InChI=1S/C12H14N4O/c1-15(8-10-4-3-5-13-6-10)12(17)11-7-14-16(2)9-11/h3-7,9H,8H2,1-2H3. The van der Waals surface area contributed by atoms with E-state index in [1.165, 1.54) is 0 Å². The number of amides is 1. The number of rotatable bonds is 3. The molecule has 0 aliphatic rings. The third-order valence-corrected chi connectivity index (χ3v) is 2.44. The van der Waals surface area contributed by atoms with Crippen LogP contribution in [0.15, 0.2) is 36.9 Å². The molecule has 0 saturated carbocycles. The summed E-state index contributed by atoms with van der Waals surface area (Å²) in [6.45, 7) is 0.543. The number of carbonyl (C=O) groups excluding carboxylic acids is 1. The second kappa shape index (κ2) is 4.78. The fraction of sp³-hybridized carbons (Fsp3) is 0.250. The van der Waals surface area contributed by atoms with Gasteiger partial charge in [0.05, 0.1) is 11.8 Å². The Morgan fingerprint density at radius 1 is 1.47 bits per heavy atom. The Balaban J connectivity index is 2.06. The molecule has 0 fully saturated rings. The highest BCUT2D eigenvalue weighted by atomic mass is 16.2. The van der Waals surface area contributed by atoms with E-state index in [1.807, 2.05) is 12.1 Å². The predicted molar refractivity (Wildman–Crippen MR) is 63.2 cm³/mol. The summed E-state index contributed by atoms with van der Waals surface area (Å²) in [5.74, 6) is -0.0399. The maximum atomic E-state index is 12.0. The molecule has 0 unspecified atom stereocenters. The molecule has 17 heavy (non-hydrogen) atoms. The van der Waals surface area contributed by atoms with E-state index in [9.17, 15) is 4.79 Å². The fourth-order valence-corrected chi connectivity index (χ4v) is 1.59. The summed E-state index contributed by atoms with van der Waals surface area (Å²) in [5, 5.41) is 3.98. The lowest BCUT2D eigenvalue weighted by atomic mass is 10.2. The number of aryl methyl sites for hydroxylation is 1. The molecule has 0 saturated heterocycles. The van der Waals surface area contributed by atoms with Gasteiger partial charge in [-0.2, -0.15) is 5.10 Å². The average molecular weight is 230 g/mol. The van der Waals surface area contributed by atoms with Crippen LogP contribution in [0.3, 0.4) is 0 Å². The fourth-order valence-electron chi connectivity index (χ4n) is 1.59. The molecule has 88 valence electrons. The van der Waals surface area contributed by atoms with E-state index in [0.29, 0.717) is 12.1 Å². The van der Waals surface area contributed by atoms with Gasteiger partial charge in [-0.3, -0.25) is 14.5 Å². The Bertz CT molecular complexity index is 506. The molecule has 5 heteroatoms. The number of aromatic nitrogens is 3. The zero-order valence-corrected chi connectivity index (χ0v) is 9.87. The molecule has 0 aromatic carbocycles. The molecule has 5 nitrogen and oxygen atoms in total. The largest absolute Gasteiger partial charge is 0.337 e. The molecule has 0 aliphatic carbocycles. The Morgan fingerprint density at radius 3 is 2.88 bits per heavy atom. The van der Waals surface area contributed by atoms with Crippen molar-refractivity contribution in [3.63, 3.8) is 0 Å². The topological polar surface area (TPSA) is 51.0 Å². The summed E-state index contributed by atoms with van der Waals surface area (Å²) in [4.78, 5) is 17.7. The van der Waals surface area contributed by atoms with Crippen LogP contribution in [0.5, 0.6) is 0 Å². The van der Waals surface area contributed by atoms with Gasteiger partial charge in [-0.1, -0.05) is 6.07 Å². The van der Waals surface area contributed by atoms with E-state index < -0.39 is 0 Å². The molecule has 2 aromatic heterocycles. The second-order valence-electron chi connectivity index (χ2n) is 3.93. The molecule has 0 radical (unpaired) electrons.